The summed E-state index contributed by atoms with van der Waals surface area (Å²) in [6, 6.07) is 0. The number of H-pyrrole nitrogens is 1. The SMILES string of the molecule is CCCCc1nc(Cl)c(CN2CCOCC(O)C2)[nH]1. The summed E-state index contributed by atoms with van der Waals surface area (Å²) < 4.78 is 5.31. The molecule has 1 unspecified atom stereocenters. The molecule has 0 aliphatic carbocycles. The van der Waals surface area contributed by atoms with Crippen LogP contribution in [0.3, 0.4) is 0 Å². The zero-order chi connectivity index (χ0) is 13.7. The molecule has 1 saturated heterocycles. The van der Waals surface area contributed by atoms with Crippen LogP contribution < -0.4 is 0 Å². The van der Waals surface area contributed by atoms with Crippen LogP contribution in [0.25, 0.3) is 0 Å². The predicted molar refractivity (Wildman–Crippen MR) is 74.3 cm³/mol. The van der Waals surface area contributed by atoms with Gasteiger partial charge in [0.05, 0.1) is 25.0 Å². The average molecular weight is 288 g/mol. The number of aliphatic hydroxyl groups is 1. The zero-order valence-electron chi connectivity index (χ0n) is 11.4. The van der Waals surface area contributed by atoms with E-state index in [4.69, 9.17) is 16.3 Å². The van der Waals surface area contributed by atoms with Gasteiger partial charge in [-0.15, -0.1) is 0 Å². The van der Waals surface area contributed by atoms with Gasteiger partial charge in [0.2, 0.25) is 0 Å². The molecule has 0 bridgehead atoms. The van der Waals surface area contributed by atoms with E-state index in [0.29, 0.717) is 31.5 Å². The van der Waals surface area contributed by atoms with Gasteiger partial charge >= 0.3 is 0 Å². The van der Waals surface area contributed by atoms with Crippen molar-refractivity contribution in [3.05, 3.63) is 16.7 Å². The first-order valence-corrected chi connectivity index (χ1v) is 7.28. The quantitative estimate of drug-likeness (QED) is 0.863. The summed E-state index contributed by atoms with van der Waals surface area (Å²) in [5, 5.41) is 10.2. The number of hydrogen-bond donors (Lipinski definition) is 2. The maximum absolute atomic E-state index is 9.70. The van der Waals surface area contributed by atoms with Crippen molar-refractivity contribution in [3.8, 4) is 0 Å². The van der Waals surface area contributed by atoms with Gasteiger partial charge in [0.1, 0.15) is 5.82 Å². The lowest BCUT2D eigenvalue weighted by Gasteiger charge is -2.19. The minimum atomic E-state index is -0.427. The van der Waals surface area contributed by atoms with Crippen LogP contribution in [0.4, 0.5) is 0 Å². The van der Waals surface area contributed by atoms with Crippen molar-refractivity contribution in [2.75, 3.05) is 26.3 Å². The van der Waals surface area contributed by atoms with Crippen LogP contribution in [0.1, 0.15) is 31.3 Å². The normalized spacial score (nSPS) is 21.5. The van der Waals surface area contributed by atoms with Gasteiger partial charge in [-0.3, -0.25) is 4.90 Å². The average Bonchev–Trinajstić information content (AvgIpc) is 2.58. The molecule has 1 aliphatic heterocycles. The van der Waals surface area contributed by atoms with Crippen LogP contribution in [0.5, 0.6) is 0 Å². The molecule has 108 valence electrons. The van der Waals surface area contributed by atoms with Crippen molar-refractivity contribution < 1.29 is 9.84 Å². The predicted octanol–water partition coefficient (Wildman–Crippen LogP) is 1.60. The molecule has 2 rings (SSSR count). The van der Waals surface area contributed by atoms with Gasteiger partial charge in [0.25, 0.3) is 0 Å². The molecule has 2 heterocycles. The molecule has 5 nitrogen and oxygen atoms in total. The van der Waals surface area contributed by atoms with E-state index in [1.807, 2.05) is 0 Å². The summed E-state index contributed by atoms with van der Waals surface area (Å²) in [5.41, 5.74) is 0.932. The van der Waals surface area contributed by atoms with E-state index in [9.17, 15) is 5.11 Å². The van der Waals surface area contributed by atoms with Gasteiger partial charge in [-0.25, -0.2) is 4.98 Å². The van der Waals surface area contributed by atoms with Gasteiger partial charge in [-0.2, -0.15) is 0 Å². The fourth-order valence-electron chi connectivity index (χ4n) is 2.23. The van der Waals surface area contributed by atoms with E-state index in [0.717, 1.165) is 37.3 Å². The number of aliphatic hydroxyl groups excluding tert-OH is 1. The Kier molecular flexibility index (Phi) is 5.63. The van der Waals surface area contributed by atoms with Crippen LogP contribution in [-0.2, 0) is 17.7 Å². The zero-order valence-corrected chi connectivity index (χ0v) is 12.1. The largest absolute Gasteiger partial charge is 0.389 e. The Morgan fingerprint density at radius 1 is 1.58 bits per heavy atom. The van der Waals surface area contributed by atoms with E-state index >= 15 is 0 Å². The number of ether oxygens (including phenoxy) is 1. The van der Waals surface area contributed by atoms with Crippen LogP contribution >= 0.6 is 11.6 Å². The summed E-state index contributed by atoms with van der Waals surface area (Å²) >= 11 is 6.16. The van der Waals surface area contributed by atoms with Crippen molar-refractivity contribution in [2.24, 2.45) is 0 Å². The number of β-amino-alcohol motifs (C(OH)–C–C–N with tert-alkyl or cyclic N) is 1. The first-order valence-electron chi connectivity index (χ1n) is 6.90. The second-order valence-electron chi connectivity index (χ2n) is 5.02. The van der Waals surface area contributed by atoms with E-state index in [1.165, 1.54) is 0 Å². The number of aryl methyl sites for hydroxylation is 1. The number of unbranched alkanes of at least 4 members (excludes halogenated alkanes) is 1. The first-order chi connectivity index (χ1) is 9.19. The van der Waals surface area contributed by atoms with E-state index < -0.39 is 6.10 Å². The lowest BCUT2D eigenvalue weighted by molar-refractivity contribution is 0.0562. The molecule has 0 amide bonds. The smallest absolute Gasteiger partial charge is 0.151 e. The summed E-state index contributed by atoms with van der Waals surface area (Å²) in [6.45, 7) is 5.30. The number of rotatable bonds is 5. The molecule has 1 aliphatic rings. The highest BCUT2D eigenvalue weighted by molar-refractivity contribution is 6.30. The molecule has 19 heavy (non-hydrogen) atoms. The molecular weight excluding hydrogens is 266 g/mol. The summed E-state index contributed by atoms with van der Waals surface area (Å²) in [4.78, 5) is 9.78. The van der Waals surface area contributed by atoms with Gasteiger partial charge < -0.3 is 14.8 Å². The first kappa shape index (κ1) is 14.8. The summed E-state index contributed by atoms with van der Waals surface area (Å²) in [6.07, 6.45) is 2.76. The highest BCUT2D eigenvalue weighted by Crippen LogP contribution is 2.17. The van der Waals surface area contributed by atoms with Crippen LogP contribution in [0, 0.1) is 0 Å². The molecule has 1 atom stereocenters. The summed E-state index contributed by atoms with van der Waals surface area (Å²) in [5.74, 6) is 0.952. The van der Waals surface area contributed by atoms with Crippen molar-refractivity contribution in [3.63, 3.8) is 0 Å². The van der Waals surface area contributed by atoms with Crippen molar-refractivity contribution >= 4 is 11.6 Å². The highest BCUT2D eigenvalue weighted by atomic mass is 35.5. The fraction of sp³-hybridized carbons (Fsp3) is 0.769. The molecule has 1 aromatic heterocycles. The number of imidazole rings is 1. The summed E-state index contributed by atoms with van der Waals surface area (Å²) in [7, 11) is 0. The van der Waals surface area contributed by atoms with Crippen molar-refractivity contribution in [1.29, 1.82) is 0 Å². The standard InChI is InChI=1S/C13H22ClN3O2/c1-2-3-4-12-15-11(13(14)16-12)8-17-5-6-19-9-10(18)7-17/h10,18H,2-9H2,1H3,(H,15,16). The second-order valence-corrected chi connectivity index (χ2v) is 5.38. The molecule has 1 aromatic rings. The minimum absolute atomic E-state index is 0.412. The molecule has 6 heteroatoms. The molecule has 0 radical (unpaired) electrons. The van der Waals surface area contributed by atoms with Gasteiger partial charge in [-0.1, -0.05) is 24.9 Å². The molecule has 1 fully saturated rings. The third-order valence-corrected chi connectivity index (χ3v) is 3.57. The Balaban J connectivity index is 1.95. The molecule has 2 N–H and O–H groups in total. The molecule has 0 saturated carbocycles. The van der Waals surface area contributed by atoms with E-state index in [2.05, 4.69) is 21.8 Å². The van der Waals surface area contributed by atoms with Crippen LogP contribution in [-0.4, -0.2) is 52.4 Å². The van der Waals surface area contributed by atoms with Crippen LogP contribution in [0.15, 0.2) is 0 Å². The number of halogens is 1. The maximum atomic E-state index is 9.70. The molecule has 0 spiro atoms. The third kappa shape index (κ3) is 4.45. The lowest BCUT2D eigenvalue weighted by atomic mass is 10.2. The van der Waals surface area contributed by atoms with Crippen molar-refractivity contribution in [2.45, 2.75) is 38.8 Å². The number of nitrogens with zero attached hydrogens (tertiary/aromatic N) is 2. The fourth-order valence-corrected chi connectivity index (χ4v) is 2.44. The highest BCUT2D eigenvalue weighted by Gasteiger charge is 2.18. The number of aromatic nitrogens is 2. The Bertz CT molecular complexity index is 397. The van der Waals surface area contributed by atoms with Gasteiger partial charge in [0.15, 0.2) is 5.15 Å². The lowest BCUT2D eigenvalue weighted by Crippen LogP contribution is -2.32. The Labute approximate surface area is 118 Å². The third-order valence-electron chi connectivity index (χ3n) is 3.26. The Morgan fingerprint density at radius 2 is 2.42 bits per heavy atom. The monoisotopic (exact) mass is 287 g/mol. The van der Waals surface area contributed by atoms with E-state index in [1.54, 1.807) is 0 Å². The Hall–Kier alpha value is -0.620. The van der Waals surface area contributed by atoms with Crippen molar-refractivity contribution in [1.82, 2.24) is 14.9 Å². The number of hydrogen-bond acceptors (Lipinski definition) is 4. The Morgan fingerprint density at radius 3 is 3.21 bits per heavy atom. The van der Waals surface area contributed by atoms with E-state index in [-0.39, 0.29) is 0 Å². The second kappa shape index (κ2) is 7.24. The topological polar surface area (TPSA) is 61.4 Å². The maximum Gasteiger partial charge on any atom is 0.151 e. The minimum Gasteiger partial charge on any atom is -0.389 e. The number of aromatic amines is 1. The van der Waals surface area contributed by atoms with Crippen LogP contribution in [0.2, 0.25) is 5.15 Å². The number of nitrogens with one attached hydrogen (secondary N) is 1. The van der Waals surface area contributed by atoms with Gasteiger partial charge in [-0.05, 0) is 6.42 Å². The molecule has 0 aromatic carbocycles. The molecular formula is C13H22ClN3O2. The van der Waals surface area contributed by atoms with Gasteiger partial charge in [0, 0.05) is 26.1 Å².